The Morgan fingerprint density at radius 1 is 1.15 bits per heavy atom. The van der Waals surface area contributed by atoms with Gasteiger partial charge in [-0.25, -0.2) is 4.79 Å². The summed E-state index contributed by atoms with van der Waals surface area (Å²) in [6.45, 7) is 6.55. The standard InChI is InChI=1S/C24H27N5O4/c1-5-11-32-23(30)21-16(3)25-24-26-27-28-29(24)22(21)18-9-10-19(20(13-18)31-4)33-14-17-8-6-7-15(2)12-17/h6-10,12-13,22H,5,11,14H2,1-4H3,(H,25,26,28). The Kier molecular flexibility index (Phi) is 6.58. The molecule has 9 heteroatoms. The van der Waals surface area contributed by atoms with Gasteiger partial charge < -0.3 is 19.5 Å². The molecule has 4 rings (SSSR count). The van der Waals surface area contributed by atoms with E-state index in [1.54, 1.807) is 11.8 Å². The summed E-state index contributed by atoms with van der Waals surface area (Å²) in [5.41, 5.74) is 4.09. The monoisotopic (exact) mass is 449 g/mol. The lowest BCUT2D eigenvalue weighted by molar-refractivity contribution is -0.139. The fraction of sp³-hybridized carbons (Fsp3) is 0.333. The van der Waals surface area contributed by atoms with Crippen molar-refractivity contribution in [1.29, 1.82) is 0 Å². The van der Waals surface area contributed by atoms with Crippen LogP contribution in [0.1, 0.15) is 43.0 Å². The Labute approximate surface area is 192 Å². The number of nitrogens with zero attached hydrogens (tertiary/aromatic N) is 4. The predicted octanol–water partition coefficient (Wildman–Crippen LogP) is 3.81. The van der Waals surface area contributed by atoms with Gasteiger partial charge in [0.15, 0.2) is 11.5 Å². The highest BCUT2D eigenvalue weighted by molar-refractivity contribution is 5.92. The molecule has 9 nitrogen and oxygen atoms in total. The Morgan fingerprint density at radius 2 is 2.00 bits per heavy atom. The number of hydrogen-bond acceptors (Lipinski definition) is 8. The van der Waals surface area contributed by atoms with Gasteiger partial charge in [-0.15, -0.1) is 0 Å². The Bertz CT molecular complexity index is 1190. The maximum Gasteiger partial charge on any atom is 0.338 e. The third-order valence-corrected chi connectivity index (χ3v) is 5.35. The zero-order valence-electron chi connectivity index (χ0n) is 19.2. The predicted molar refractivity (Wildman–Crippen MR) is 122 cm³/mol. The molecule has 2 heterocycles. The lowest BCUT2D eigenvalue weighted by Gasteiger charge is -2.27. The van der Waals surface area contributed by atoms with Gasteiger partial charge in [-0.2, -0.15) is 4.68 Å². The number of rotatable bonds is 8. The van der Waals surface area contributed by atoms with Crippen molar-refractivity contribution in [3.8, 4) is 11.5 Å². The number of carbonyl (C=O) groups excluding carboxylic acids is 1. The van der Waals surface area contributed by atoms with Crippen LogP contribution in [0.5, 0.6) is 11.5 Å². The second-order valence-electron chi connectivity index (χ2n) is 7.84. The number of fused-ring (bicyclic) bond motifs is 1. The third kappa shape index (κ3) is 4.67. The fourth-order valence-corrected chi connectivity index (χ4v) is 3.79. The second kappa shape index (κ2) is 9.72. The summed E-state index contributed by atoms with van der Waals surface area (Å²) in [6, 6.07) is 13.1. The molecule has 0 aliphatic carbocycles. The molecular weight excluding hydrogens is 422 g/mol. The first-order chi connectivity index (χ1) is 16.0. The maximum absolute atomic E-state index is 12.9. The van der Waals surface area contributed by atoms with Crippen LogP contribution in [0.4, 0.5) is 5.95 Å². The molecule has 1 N–H and O–H groups in total. The Morgan fingerprint density at radius 3 is 2.76 bits per heavy atom. The molecule has 1 aliphatic heterocycles. The van der Waals surface area contributed by atoms with Crippen LogP contribution in [0.25, 0.3) is 0 Å². The summed E-state index contributed by atoms with van der Waals surface area (Å²) in [4.78, 5) is 12.9. The van der Waals surface area contributed by atoms with Gasteiger partial charge in [0.05, 0.1) is 19.3 Å². The molecule has 0 bridgehead atoms. The van der Waals surface area contributed by atoms with E-state index in [-0.39, 0.29) is 0 Å². The number of esters is 1. The van der Waals surface area contributed by atoms with E-state index in [1.165, 1.54) is 5.56 Å². The number of hydrogen-bond donors (Lipinski definition) is 1. The number of benzene rings is 2. The smallest absolute Gasteiger partial charge is 0.338 e. The normalized spacial score (nSPS) is 15.0. The van der Waals surface area contributed by atoms with Gasteiger partial charge in [0.2, 0.25) is 5.95 Å². The van der Waals surface area contributed by atoms with Crippen LogP contribution in [-0.4, -0.2) is 39.9 Å². The average Bonchev–Trinajstić information content (AvgIpc) is 3.28. The first-order valence-electron chi connectivity index (χ1n) is 10.8. The lowest BCUT2D eigenvalue weighted by atomic mass is 9.95. The molecule has 1 aliphatic rings. The minimum absolute atomic E-state index is 0.333. The van der Waals surface area contributed by atoms with Gasteiger partial charge in [-0.1, -0.05) is 47.9 Å². The molecule has 2 aromatic carbocycles. The molecule has 0 spiro atoms. The highest BCUT2D eigenvalue weighted by atomic mass is 16.5. The van der Waals surface area contributed by atoms with Crippen LogP contribution < -0.4 is 14.8 Å². The van der Waals surface area contributed by atoms with E-state index in [2.05, 4.69) is 26.9 Å². The van der Waals surface area contributed by atoms with E-state index in [9.17, 15) is 4.79 Å². The van der Waals surface area contributed by atoms with Crippen molar-refractivity contribution in [2.75, 3.05) is 19.0 Å². The van der Waals surface area contributed by atoms with E-state index in [0.717, 1.165) is 17.5 Å². The largest absolute Gasteiger partial charge is 0.493 e. The van der Waals surface area contributed by atoms with Gasteiger partial charge in [-0.05, 0) is 54.0 Å². The van der Waals surface area contributed by atoms with E-state index in [0.29, 0.717) is 41.9 Å². The highest BCUT2D eigenvalue weighted by Gasteiger charge is 2.35. The van der Waals surface area contributed by atoms with Crippen LogP contribution in [0, 0.1) is 6.92 Å². The van der Waals surface area contributed by atoms with Gasteiger partial charge >= 0.3 is 5.97 Å². The summed E-state index contributed by atoms with van der Waals surface area (Å²) in [5, 5.41) is 15.0. The molecule has 0 radical (unpaired) electrons. The van der Waals surface area contributed by atoms with Crippen molar-refractivity contribution in [3.63, 3.8) is 0 Å². The highest BCUT2D eigenvalue weighted by Crippen LogP contribution is 2.38. The zero-order chi connectivity index (χ0) is 23.4. The van der Waals surface area contributed by atoms with E-state index in [1.807, 2.05) is 57.2 Å². The van der Waals surface area contributed by atoms with Gasteiger partial charge in [0.25, 0.3) is 0 Å². The number of aromatic nitrogens is 4. The summed E-state index contributed by atoms with van der Waals surface area (Å²) >= 11 is 0. The van der Waals surface area contributed by atoms with Crippen molar-refractivity contribution in [1.82, 2.24) is 20.2 Å². The number of carbonyl (C=O) groups is 1. The van der Waals surface area contributed by atoms with Crippen LogP contribution in [0.2, 0.25) is 0 Å². The average molecular weight is 450 g/mol. The van der Waals surface area contributed by atoms with E-state index >= 15 is 0 Å². The lowest BCUT2D eigenvalue weighted by Crippen LogP contribution is -2.29. The van der Waals surface area contributed by atoms with Crippen molar-refractivity contribution >= 4 is 11.9 Å². The molecular formula is C24H27N5O4. The molecule has 0 amide bonds. The minimum Gasteiger partial charge on any atom is -0.493 e. The number of tetrazole rings is 1. The summed E-state index contributed by atoms with van der Waals surface area (Å²) in [6.07, 6.45) is 0.729. The number of ether oxygens (including phenoxy) is 3. The molecule has 0 saturated heterocycles. The van der Waals surface area contributed by atoms with Crippen LogP contribution in [-0.2, 0) is 16.1 Å². The van der Waals surface area contributed by atoms with Gasteiger partial charge in [0.1, 0.15) is 12.6 Å². The number of aryl methyl sites for hydroxylation is 1. The van der Waals surface area contributed by atoms with Crippen molar-refractivity contribution < 1.29 is 19.0 Å². The number of anilines is 1. The first-order valence-corrected chi connectivity index (χ1v) is 10.8. The fourth-order valence-electron chi connectivity index (χ4n) is 3.79. The molecule has 3 aromatic rings. The Hall–Kier alpha value is -3.88. The summed E-state index contributed by atoms with van der Waals surface area (Å²) < 4.78 is 18.7. The third-order valence-electron chi connectivity index (χ3n) is 5.35. The minimum atomic E-state index is -0.569. The molecule has 33 heavy (non-hydrogen) atoms. The van der Waals surface area contributed by atoms with Gasteiger partial charge in [-0.3, -0.25) is 0 Å². The molecule has 172 valence electrons. The van der Waals surface area contributed by atoms with Crippen LogP contribution in [0.15, 0.2) is 53.7 Å². The molecule has 0 saturated carbocycles. The first kappa shape index (κ1) is 22.3. The number of nitrogens with one attached hydrogen (secondary N) is 1. The van der Waals surface area contributed by atoms with Crippen molar-refractivity contribution in [2.24, 2.45) is 0 Å². The summed E-state index contributed by atoms with van der Waals surface area (Å²) in [7, 11) is 1.58. The second-order valence-corrected chi connectivity index (χ2v) is 7.84. The molecule has 1 aromatic heterocycles. The topological polar surface area (TPSA) is 100 Å². The molecule has 1 unspecified atom stereocenters. The quantitative estimate of drug-likeness (QED) is 0.518. The van der Waals surface area contributed by atoms with Crippen molar-refractivity contribution in [3.05, 3.63) is 70.4 Å². The number of allylic oxidation sites excluding steroid dienone is 1. The van der Waals surface area contributed by atoms with Crippen LogP contribution >= 0.6 is 0 Å². The van der Waals surface area contributed by atoms with Crippen molar-refractivity contribution in [2.45, 2.75) is 39.8 Å². The molecule has 1 atom stereocenters. The van der Waals surface area contributed by atoms with E-state index in [4.69, 9.17) is 14.2 Å². The molecule has 0 fully saturated rings. The van der Waals surface area contributed by atoms with E-state index < -0.39 is 12.0 Å². The number of methoxy groups -OCH3 is 1. The Balaban J connectivity index is 1.66. The zero-order valence-corrected chi connectivity index (χ0v) is 19.2. The SMILES string of the molecule is CCCOC(=O)C1=C(C)Nc2nnnn2C1c1ccc(OCc2cccc(C)c2)c(OC)c1. The van der Waals surface area contributed by atoms with Crippen LogP contribution in [0.3, 0.4) is 0 Å². The van der Waals surface area contributed by atoms with Gasteiger partial charge in [0, 0.05) is 5.70 Å². The summed E-state index contributed by atoms with van der Waals surface area (Å²) in [5.74, 6) is 1.19. The maximum atomic E-state index is 12.9.